The van der Waals surface area contributed by atoms with Crippen molar-refractivity contribution in [3.8, 4) is 67.3 Å². The van der Waals surface area contributed by atoms with Crippen LogP contribution in [0.3, 0.4) is 0 Å². The Morgan fingerprint density at radius 1 is 0.361 bits per heavy atom. The van der Waals surface area contributed by atoms with Crippen LogP contribution in [0.5, 0.6) is 0 Å². The lowest BCUT2D eigenvalue weighted by Gasteiger charge is -2.21. The Hall–Kier alpha value is -8.21. The summed E-state index contributed by atoms with van der Waals surface area (Å²) in [5, 5.41) is 4.68. The molecular weight excluding hydrogens is 743 g/mol. The molecule has 4 nitrogen and oxygen atoms in total. The fraction of sp³-hybridized carbons (Fsp3) is 0. The van der Waals surface area contributed by atoms with Crippen molar-refractivity contribution in [3.05, 3.63) is 225 Å². The molecule has 61 heavy (non-hydrogen) atoms. The van der Waals surface area contributed by atoms with Gasteiger partial charge in [0.25, 0.3) is 0 Å². The number of nitrogens with zero attached hydrogens (tertiary/aromatic N) is 3. The number of rotatable bonds is 7. The monoisotopic (exact) mass is 779 g/mol. The van der Waals surface area contributed by atoms with E-state index in [1.54, 1.807) is 0 Å². The summed E-state index contributed by atoms with van der Waals surface area (Å²) in [7, 11) is 0. The Kier molecular flexibility index (Phi) is 8.13. The zero-order valence-corrected chi connectivity index (χ0v) is 33.1. The highest BCUT2D eigenvalue weighted by atomic mass is 16.3. The molecule has 3 heterocycles. The highest BCUT2D eigenvalue weighted by molar-refractivity contribution is 6.11. The van der Waals surface area contributed by atoms with Gasteiger partial charge in [-0.05, 0) is 94.0 Å². The molecule has 0 atom stereocenters. The Labute approximate surface area is 352 Å². The molecule has 286 valence electrons. The third kappa shape index (κ3) is 5.88. The number of imidazole rings is 1. The first-order valence-electron chi connectivity index (χ1n) is 20.7. The Morgan fingerprint density at radius 3 is 1.51 bits per heavy atom. The van der Waals surface area contributed by atoms with Crippen molar-refractivity contribution in [2.24, 2.45) is 0 Å². The van der Waals surface area contributed by atoms with Crippen LogP contribution in [0.4, 0.5) is 0 Å². The largest absolute Gasteiger partial charge is 0.456 e. The summed E-state index contributed by atoms with van der Waals surface area (Å²) in [5.41, 5.74) is 16.5. The Balaban J connectivity index is 1.01. The summed E-state index contributed by atoms with van der Waals surface area (Å²) >= 11 is 0. The molecule has 4 heteroatoms. The normalized spacial score (nSPS) is 11.6. The number of benzene rings is 9. The zero-order valence-electron chi connectivity index (χ0n) is 33.1. The molecule has 12 aromatic rings. The van der Waals surface area contributed by atoms with Crippen molar-refractivity contribution in [1.82, 2.24) is 14.1 Å². The van der Waals surface area contributed by atoms with Gasteiger partial charge in [0.05, 0.1) is 16.7 Å². The standard InChI is InChI=1S/C57H37N3O/c1-4-15-38(16-5-1)48-35-44(36-49(39-17-6-2-7-18-39)56(48)59-32-31-58-57(59)40-19-8-3-9-20-40)42-22-14-21-41(33-42)43-27-29-54-50(34-43)51-37-45(28-30-55(51)61-54)60-52-25-12-10-23-46(52)47-24-11-13-26-53(47)60/h1-37H. The van der Waals surface area contributed by atoms with E-state index in [4.69, 9.17) is 9.40 Å². The van der Waals surface area contributed by atoms with Crippen LogP contribution in [-0.2, 0) is 0 Å². The minimum atomic E-state index is 0.874. The Bertz CT molecular complexity index is 3460. The van der Waals surface area contributed by atoms with Crippen molar-refractivity contribution in [3.63, 3.8) is 0 Å². The minimum absolute atomic E-state index is 0.874. The molecule has 0 unspecified atom stereocenters. The lowest BCUT2D eigenvalue weighted by Crippen LogP contribution is -2.03. The lowest BCUT2D eigenvalue weighted by atomic mass is 9.89. The van der Waals surface area contributed by atoms with E-state index in [0.717, 1.165) is 89.2 Å². The van der Waals surface area contributed by atoms with Gasteiger partial charge in [-0.3, -0.25) is 4.57 Å². The first kappa shape index (κ1) is 34.8. The van der Waals surface area contributed by atoms with Gasteiger partial charge in [-0.25, -0.2) is 4.98 Å². The van der Waals surface area contributed by atoms with E-state index in [1.807, 2.05) is 12.3 Å². The average molecular weight is 780 g/mol. The number of para-hydroxylation sites is 2. The average Bonchev–Trinajstić information content (AvgIpc) is 4.06. The van der Waals surface area contributed by atoms with E-state index in [9.17, 15) is 0 Å². The second-order valence-corrected chi connectivity index (χ2v) is 15.6. The minimum Gasteiger partial charge on any atom is -0.456 e. The number of fused-ring (bicyclic) bond motifs is 6. The van der Waals surface area contributed by atoms with Crippen molar-refractivity contribution in [1.29, 1.82) is 0 Å². The second-order valence-electron chi connectivity index (χ2n) is 15.6. The van der Waals surface area contributed by atoms with Gasteiger partial charge in [-0.15, -0.1) is 0 Å². The summed E-state index contributed by atoms with van der Waals surface area (Å²) in [6, 6.07) is 75.8. The van der Waals surface area contributed by atoms with E-state index < -0.39 is 0 Å². The number of hydrogen-bond acceptors (Lipinski definition) is 2. The van der Waals surface area contributed by atoms with Gasteiger partial charge in [0.15, 0.2) is 0 Å². The summed E-state index contributed by atoms with van der Waals surface area (Å²) in [5.74, 6) is 0.897. The quantitative estimate of drug-likeness (QED) is 0.161. The molecule has 0 N–H and O–H groups in total. The van der Waals surface area contributed by atoms with Crippen molar-refractivity contribution in [2.75, 3.05) is 0 Å². The summed E-state index contributed by atoms with van der Waals surface area (Å²) in [4.78, 5) is 4.89. The highest BCUT2D eigenvalue weighted by Crippen LogP contribution is 2.43. The van der Waals surface area contributed by atoms with Crippen molar-refractivity contribution < 1.29 is 4.42 Å². The van der Waals surface area contributed by atoms with Gasteiger partial charge < -0.3 is 8.98 Å². The summed E-state index contributed by atoms with van der Waals surface area (Å²) in [6.45, 7) is 0. The van der Waals surface area contributed by atoms with Crippen LogP contribution >= 0.6 is 0 Å². The zero-order chi connectivity index (χ0) is 40.3. The van der Waals surface area contributed by atoms with Crippen LogP contribution < -0.4 is 0 Å². The van der Waals surface area contributed by atoms with Gasteiger partial charge in [-0.1, -0.05) is 152 Å². The van der Waals surface area contributed by atoms with Crippen LogP contribution in [-0.4, -0.2) is 14.1 Å². The molecule has 12 rings (SSSR count). The molecule has 0 aliphatic heterocycles. The molecule has 9 aromatic carbocycles. The van der Waals surface area contributed by atoms with Crippen molar-refractivity contribution >= 4 is 43.7 Å². The summed E-state index contributed by atoms with van der Waals surface area (Å²) in [6.07, 6.45) is 3.98. The molecule has 0 saturated heterocycles. The number of furan rings is 1. The molecule has 0 amide bonds. The summed E-state index contributed by atoms with van der Waals surface area (Å²) < 4.78 is 11.1. The molecule has 0 aliphatic rings. The fourth-order valence-electron chi connectivity index (χ4n) is 9.18. The van der Waals surface area contributed by atoms with Crippen LogP contribution in [0, 0.1) is 0 Å². The van der Waals surface area contributed by atoms with E-state index in [0.29, 0.717) is 0 Å². The topological polar surface area (TPSA) is 35.9 Å². The van der Waals surface area contributed by atoms with Crippen LogP contribution in [0.15, 0.2) is 229 Å². The van der Waals surface area contributed by atoms with Gasteiger partial charge in [0.2, 0.25) is 0 Å². The number of aromatic nitrogens is 3. The van der Waals surface area contributed by atoms with Crippen LogP contribution in [0.25, 0.3) is 111 Å². The SMILES string of the molecule is c1ccc(-c2cc(-c3cccc(-c4ccc5oc6ccc(-n7c8ccccc8c8ccccc87)cc6c5c4)c3)cc(-c3ccccc3)c2-n2ccnc2-c2ccccc2)cc1. The molecule has 3 aromatic heterocycles. The molecule has 0 bridgehead atoms. The van der Waals surface area contributed by atoms with Gasteiger partial charge in [0, 0.05) is 56.3 Å². The second kappa shape index (κ2) is 14.3. The highest BCUT2D eigenvalue weighted by Gasteiger charge is 2.21. The lowest BCUT2D eigenvalue weighted by molar-refractivity contribution is 0.669. The maximum atomic E-state index is 6.46. The van der Waals surface area contributed by atoms with E-state index in [2.05, 4.69) is 222 Å². The maximum Gasteiger partial charge on any atom is 0.144 e. The molecule has 0 aliphatic carbocycles. The third-order valence-corrected chi connectivity index (χ3v) is 12.0. The van der Waals surface area contributed by atoms with Gasteiger partial charge >= 0.3 is 0 Å². The molecule has 0 saturated carbocycles. The Morgan fingerprint density at radius 2 is 0.869 bits per heavy atom. The van der Waals surface area contributed by atoms with Crippen molar-refractivity contribution in [2.45, 2.75) is 0 Å². The van der Waals surface area contributed by atoms with Gasteiger partial charge in [-0.2, -0.15) is 0 Å². The smallest absolute Gasteiger partial charge is 0.144 e. The van der Waals surface area contributed by atoms with E-state index >= 15 is 0 Å². The fourth-order valence-corrected chi connectivity index (χ4v) is 9.18. The first-order chi connectivity index (χ1) is 30.2. The molecule has 0 radical (unpaired) electrons. The maximum absolute atomic E-state index is 6.46. The van der Waals surface area contributed by atoms with Gasteiger partial charge in [0.1, 0.15) is 17.0 Å². The first-order valence-corrected chi connectivity index (χ1v) is 20.7. The van der Waals surface area contributed by atoms with E-state index in [1.165, 1.54) is 21.8 Å². The predicted octanol–water partition coefficient (Wildman–Crippen LogP) is 15.2. The van der Waals surface area contributed by atoms with Crippen LogP contribution in [0.1, 0.15) is 0 Å². The van der Waals surface area contributed by atoms with E-state index in [-0.39, 0.29) is 0 Å². The molecule has 0 fully saturated rings. The molecule has 0 spiro atoms. The number of hydrogen-bond donors (Lipinski definition) is 0. The van der Waals surface area contributed by atoms with Crippen LogP contribution in [0.2, 0.25) is 0 Å². The predicted molar refractivity (Wildman–Crippen MR) is 252 cm³/mol. The third-order valence-electron chi connectivity index (χ3n) is 12.0. The molecular formula is C57H37N3O.